The Morgan fingerprint density at radius 1 is 1.11 bits per heavy atom. The first-order chi connectivity index (χ1) is 12.6. The van der Waals surface area contributed by atoms with Gasteiger partial charge in [0.25, 0.3) is 11.8 Å². The lowest BCUT2D eigenvalue weighted by Crippen LogP contribution is -2.41. The first kappa shape index (κ1) is 21.0. The van der Waals surface area contributed by atoms with E-state index in [9.17, 15) is 26.7 Å². The fraction of sp³-hybridized carbons (Fsp3) is 0.611. The molecule has 0 spiro atoms. The van der Waals surface area contributed by atoms with Crippen LogP contribution in [-0.2, 0) is 15.5 Å². The molecule has 0 aliphatic carbocycles. The molecular weight excluding hydrogens is 384 g/mol. The molecule has 2 heterocycles. The Morgan fingerprint density at radius 2 is 1.68 bits per heavy atom. The third-order valence-corrected chi connectivity index (χ3v) is 5.56. The van der Waals surface area contributed by atoms with Gasteiger partial charge in [0.05, 0.1) is 28.9 Å². The largest absolute Gasteiger partial charge is 0.494 e. The summed E-state index contributed by atoms with van der Waals surface area (Å²) in [6, 6.07) is 3.10. The van der Waals surface area contributed by atoms with Crippen molar-refractivity contribution in [2.45, 2.75) is 57.4 Å². The maximum atomic E-state index is 13.6. The van der Waals surface area contributed by atoms with E-state index in [1.54, 1.807) is 27.7 Å². The van der Waals surface area contributed by atoms with Gasteiger partial charge in [0, 0.05) is 13.0 Å². The molecule has 0 atom stereocenters. The van der Waals surface area contributed by atoms with Crippen molar-refractivity contribution in [2.24, 2.45) is 0 Å². The Balaban J connectivity index is 1.95. The molecule has 0 N–H and O–H groups in total. The van der Waals surface area contributed by atoms with Crippen LogP contribution in [0.1, 0.15) is 50.0 Å². The molecule has 2 aliphatic rings. The van der Waals surface area contributed by atoms with Crippen LogP contribution in [-0.4, -0.2) is 48.1 Å². The highest BCUT2D eigenvalue weighted by atomic mass is 19.4. The lowest BCUT2D eigenvalue weighted by molar-refractivity contribution is -0.138. The molecule has 3 rings (SSSR count). The van der Waals surface area contributed by atoms with Gasteiger partial charge in [-0.25, -0.2) is 8.78 Å². The molecule has 10 heteroatoms. The summed E-state index contributed by atoms with van der Waals surface area (Å²) in [5.74, 6) is -4.15. The van der Waals surface area contributed by atoms with Crippen LogP contribution in [0.2, 0.25) is 0 Å². The summed E-state index contributed by atoms with van der Waals surface area (Å²) < 4.78 is 79.1. The van der Waals surface area contributed by atoms with Crippen molar-refractivity contribution in [1.29, 1.82) is 0 Å². The van der Waals surface area contributed by atoms with Crippen molar-refractivity contribution in [3.8, 4) is 0 Å². The number of alkyl halides is 5. The predicted octanol–water partition coefficient (Wildman–Crippen LogP) is 3.49. The molecule has 2 fully saturated rings. The van der Waals surface area contributed by atoms with Gasteiger partial charge in [0.2, 0.25) is 0 Å². The minimum absolute atomic E-state index is 0.106. The average molecular weight is 405 g/mol. The fourth-order valence-electron chi connectivity index (χ4n) is 3.19. The number of halogens is 5. The zero-order valence-electron chi connectivity index (χ0n) is 16.0. The van der Waals surface area contributed by atoms with Gasteiger partial charge in [0.15, 0.2) is 0 Å². The van der Waals surface area contributed by atoms with Gasteiger partial charge in [-0.15, -0.1) is 0 Å². The normalized spacial score (nSPS) is 23.3. The van der Waals surface area contributed by atoms with Crippen LogP contribution < -0.4 is 5.46 Å². The van der Waals surface area contributed by atoms with E-state index in [2.05, 4.69) is 0 Å². The molecule has 2 saturated heterocycles. The Hall–Kier alpha value is -1.68. The predicted molar refractivity (Wildman–Crippen MR) is 92.6 cm³/mol. The molecule has 0 bridgehead atoms. The smallest absolute Gasteiger partial charge is 0.399 e. The Morgan fingerprint density at radius 3 is 2.14 bits per heavy atom. The lowest BCUT2D eigenvalue weighted by atomic mass is 9.77. The van der Waals surface area contributed by atoms with Gasteiger partial charge in [-0.3, -0.25) is 4.79 Å². The number of carbonyl (C=O) groups is 1. The summed E-state index contributed by atoms with van der Waals surface area (Å²) in [5, 5.41) is 0. The second-order valence-corrected chi connectivity index (χ2v) is 8.22. The number of nitrogens with zero attached hydrogens (tertiary/aromatic N) is 1. The van der Waals surface area contributed by atoms with Gasteiger partial charge in [-0.1, -0.05) is 6.07 Å². The molecule has 1 amide bonds. The van der Waals surface area contributed by atoms with Gasteiger partial charge in [-0.2, -0.15) is 13.2 Å². The van der Waals surface area contributed by atoms with Crippen LogP contribution >= 0.6 is 0 Å². The molecule has 0 radical (unpaired) electrons. The van der Waals surface area contributed by atoms with Crippen LogP contribution in [0.4, 0.5) is 22.0 Å². The SMILES string of the molecule is CC1(C)OB(c2ccc(C(=O)N3CCC(F)(F)C3)c(C(F)(F)F)c2)OC1(C)C. The summed E-state index contributed by atoms with van der Waals surface area (Å²) in [7, 11) is -1.04. The van der Waals surface area contributed by atoms with E-state index < -0.39 is 60.4 Å². The zero-order chi connectivity index (χ0) is 21.1. The van der Waals surface area contributed by atoms with E-state index in [1.807, 2.05) is 0 Å². The summed E-state index contributed by atoms with van der Waals surface area (Å²) >= 11 is 0. The van der Waals surface area contributed by atoms with E-state index >= 15 is 0 Å². The summed E-state index contributed by atoms with van der Waals surface area (Å²) in [6.07, 6.45) is -5.40. The second kappa shape index (κ2) is 6.42. The number of hydrogen-bond donors (Lipinski definition) is 0. The van der Waals surface area contributed by atoms with E-state index in [1.165, 1.54) is 6.07 Å². The van der Waals surface area contributed by atoms with E-state index in [-0.39, 0.29) is 12.0 Å². The topological polar surface area (TPSA) is 38.8 Å². The van der Waals surface area contributed by atoms with E-state index in [4.69, 9.17) is 9.31 Å². The van der Waals surface area contributed by atoms with Crippen molar-refractivity contribution in [1.82, 2.24) is 4.90 Å². The first-order valence-corrected chi connectivity index (χ1v) is 8.87. The molecule has 0 saturated carbocycles. The molecule has 154 valence electrons. The van der Waals surface area contributed by atoms with Crippen molar-refractivity contribution in [3.05, 3.63) is 29.3 Å². The fourth-order valence-corrected chi connectivity index (χ4v) is 3.19. The van der Waals surface area contributed by atoms with Crippen molar-refractivity contribution in [3.63, 3.8) is 0 Å². The van der Waals surface area contributed by atoms with E-state index in [0.717, 1.165) is 17.0 Å². The molecular formula is C18H21BF5NO3. The standard InChI is InChI=1S/C18H21BF5NO3/c1-15(2)16(3,4)28-19(27-15)11-5-6-12(13(9-11)18(22,23)24)14(26)25-8-7-17(20,21)10-25/h5-6,9H,7-8,10H2,1-4H3. The molecule has 1 aromatic rings. The third-order valence-electron chi connectivity index (χ3n) is 5.56. The number of likely N-dealkylation sites (tertiary alicyclic amines) is 1. The minimum Gasteiger partial charge on any atom is -0.399 e. The van der Waals surface area contributed by atoms with Crippen LogP contribution in [0.25, 0.3) is 0 Å². The van der Waals surface area contributed by atoms with Crippen molar-refractivity contribution in [2.75, 3.05) is 13.1 Å². The minimum atomic E-state index is -4.84. The van der Waals surface area contributed by atoms with Crippen molar-refractivity contribution >= 4 is 18.5 Å². The highest BCUT2D eigenvalue weighted by Crippen LogP contribution is 2.38. The summed E-state index contributed by atoms with van der Waals surface area (Å²) in [5.41, 5.74) is -3.24. The Bertz CT molecular complexity index is 778. The maximum absolute atomic E-state index is 13.6. The number of rotatable bonds is 2. The average Bonchev–Trinajstić information content (AvgIpc) is 3.01. The Kier molecular flexibility index (Phi) is 4.82. The molecule has 28 heavy (non-hydrogen) atoms. The zero-order valence-corrected chi connectivity index (χ0v) is 16.0. The molecule has 0 unspecified atom stereocenters. The quantitative estimate of drug-likeness (QED) is 0.559. The van der Waals surface area contributed by atoms with Gasteiger partial charge in [0.1, 0.15) is 0 Å². The van der Waals surface area contributed by atoms with E-state index in [0.29, 0.717) is 0 Å². The molecule has 4 nitrogen and oxygen atoms in total. The number of benzene rings is 1. The third kappa shape index (κ3) is 3.76. The van der Waals surface area contributed by atoms with Crippen LogP contribution in [0.15, 0.2) is 18.2 Å². The highest BCUT2D eigenvalue weighted by Gasteiger charge is 2.52. The highest BCUT2D eigenvalue weighted by molar-refractivity contribution is 6.62. The Labute approximate surface area is 160 Å². The lowest BCUT2D eigenvalue weighted by Gasteiger charge is -2.32. The van der Waals surface area contributed by atoms with Crippen LogP contribution in [0.3, 0.4) is 0 Å². The number of hydrogen-bond acceptors (Lipinski definition) is 3. The monoisotopic (exact) mass is 405 g/mol. The van der Waals surface area contributed by atoms with Crippen LogP contribution in [0.5, 0.6) is 0 Å². The van der Waals surface area contributed by atoms with Crippen LogP contribution in [0, 0.1) is 0 Å². The summed E-state index contributed by atoms with van der Waals surface area (Å²) in [4.78, 5) is 13.2. The molecule has 2 aliphatic heterocycles. The molecule has 0 aromatic heterocycles. The van der Waals surface area contributed by atoms with Gasteiger partial charge < -0.3 is 14.2 Å². The van der Waals surface area contributed by atoms with Gasteiger partial charge in [-0.05, 0) is 45.3 Å². The number of carbonyl (C=O) groups excluding carboxylic acids is 1. The maximum Gasteiger partial charge on any atom is 0.494 e. The summed E-state index contributed by atoms with van der Waals surface area (Å²) in [6.45, 7) is 5.89. The number of amides is 1. The van der Waals surface area contributed by atoms with Gasteiger partial charge >= 0.3 is 13.3 Å². The first-order valence-electron chi connectivity index (χ1n) is 8.87. The molecule has 1 aromatic carbocycles. The van der Waals surface area contributed by atoms with Crippen molar-refractivity contribution < 1.29 is 36.1 Å². The second-order valence-electron chi connectivity index (χ2n) is 8.22.